The van der Waals surface area contributed by atoms with Crippen LogP contribution in [0.25, 0.3) is 0 Å². The molecule has 54 valence electrons. The number of hydrogen-bond acceptors (Lipinski definition) is 4. The van der Waals surface area contributed by atoms with Crippen molar-refractivity contribution in [3.63, 3.8) is 0 Å². The molecule has 0 spiro atoms. The molecule has 0 aliphatic carbocycles. The van der Waals surface area contributed by atoms with E-state index in [2.05, 4.69) is 0 Å². The van der Waals surface area contributed by atoms with Crippen LogP contribution in [-0.2, 0) is 20.8 Å². The zero-order valence-corrected chi connectivity index (χ0v) is 6.65. The first-order valence-electron chi connectivity index (χ1n) is 1.94. The second-order valence-corrected chi connectivity index (χ2v) is 4.80. The highest BCUT2D eigenvalue weighted by molar-refractivity contribution is 8.14. The standard InChI is InChI=1S/CH6BNO4S2/c1-3(8(4)5)9(2,6)7/h8H,2H2,1H3. The maximum atomic E-state index is 10.3. The summed E-state index contributed by atoms with van der Waals surface area (Å²) in [6.45, 7) is 0. The second-order valence-electron chi connectivity index (χ2n) is 1.44. The molecule has 0 aromatic carbocycles. The van der Waals surface area contributed by atoms with Gasteiger partial charge in [0.1, 0.15) is 0 Å². The highest BCUT2D eigenvalue weighted by Crippen LogP contribution is 1.88. The SMILES string of the molecule is BS(=O)(=O)N(C)[SH](=O)=O. The first-order chi connectivity index (χ1) is 3.85. The van der Waals surface area contributed by atoms with E-state index < -0.39 is 20.8 Å². The molecule has 0 unspecified atom stereocenters. The third kappa shape index (κ3) is 2.82. The minimum atomic E-state index is -3.56. The summed E-state index contributed by atoms with van der Waals surface area (Å²) >= 11 is 0. The van der Waals surface area contributed by atoms with Crippen molar-refractivity contribution < 1.29 is 16.8 Å². The van der Waals surface area contributed by atoms with Crippen molar-refractivity contribution in [2.45, 2.75) is 0 Å². The van der Waals surface area contributed by atoms with Crippen molar-refractivity contribution in [3.8, 4) is 0 Å². The average molecular weight is 171 g/mol. The molecule has 0 aromatic heterocycles. The third-order valence-electron chi connectivity index (χ3n) is 0.710. The Kier molecular flexibility index (Phi) is 2.65. The lowest BCUT2D eigenvalue weighted by Crippen LogP contribution is -2.24. The maximum absolute atomic E-state index is 10.3. The highest BCUT2D eigenvalue weighted by atomic mass is 32.3. The molecule has 8 heteroatoms. The smallest absolute Gasteiger partial charge is 0.225 e. The summed E-state index contributed by atoms with van der Waals surface area (Å²) in [6.07, 6.45) is 0. The minimum Gasteiger partial charge on any atom is -0.225 e. The van der Waals surface area contributed by atoms with Crippen molar-refractivity contribution in [2.24, 2.45) is 0 Å². The number of thiol groups is 1. The van der Waals surface area contributed by atoms with Gasteiger partial charge in [-0.2, -0.15) is 0 Å². The van der Waals surface area contributed by atoms with Gasteiger partial charge in [0, 0.05) is 7.05 Å². The summed E-state index contributed by atoms with van der Waals surface area (Å²) in [6, 6.07) is 0. The Bertz CT molecular complexity index is 244. The van der Waals surface area contributed by atoms with Crippen LogP contribution < -0.4 is 0 Å². The van der Waals surface area contributed by atoms with E-state index in [1.54, 1.807) is 0 Å². The summed E-state index contributed by atoms with van der Waals surface area (Å²) in [5, 5.41) is 0. The molecule has 0 aromatic rings. The first-order valence-corrected chi connectivity index (χ1v) is 4.92. The van der Waals surface area contributed by atoms with Gasteiger partial charge in [-0.15, -0.1) is 3.71 Å². The molecule has 0 N–H and O–H groups in total. The quantitative estimate of drug-likeness (QED) is 0.363. The zero-order valence-electron chi connectivity index (χ0n) is 4.94. The van der Waals surface area contributed by atoms with Crippen LogP contribution in [0.3, 0.4) is 0 Å². The van der Waals surface area contributed by atoms with Crippen molar-refractivity contribution in [1.82, 2.24) is 3.71 Å². The summed E-state index contributed by atoms with van der Waals surface area (Å²) < 4.78 is 40.8. The molecule has 0 heterocycles. The summed E-state index contributed by atoms with van der Waals surface area (Å²) in [4.78, 5) is 0. The fraction of sp³-hybridized carbons (Fsp3) is 1.00. The van der Waals surface area contributed by atoms with E-state index in [9.17, 15) is 16.8 Å². The van der Waals surface area contributed by atoms with Gasteiger partial charge >= 0.3 is 0 Å². The molecule has 0 aliphatic heterocycles. The van der Waals surface area contributed by atoms with Gasteiger partial charge in [0.2, 0.25) is 10.9 Å². The van der Waals surface area contributed by atoms with E-state index in [1.807, 2.05) is 0 Å². The molecule has 5 nitrogen and oxygen atoms in total. The number of rotatable bonds is 2. The Labute approximate surface area is 56.1 Å². The summed E-state index contributed by atoms with van der Waals surface area (Å²) in [7, 11) is -4.78. The molecule has 9 heavy (non-hydrogen) atoms. The summed E-state index contributed by atoms with van der Waals surface area (Å²) in [5.41, 5.74) is 0. The fourth-order valence-corrected chi connectivity index (χ4v) is 1.09. The molecule has 0 fully saturated rings. The lowest BCUT2D eigenvalue weighted by Gasteiger charge is -2.02. The Balaban J connectivity index is 4.63. The minimum absolute atomic E-state index is 0.280. The Hall–Kier alpha value is -0.0751. The zero-order chi connectivity index (χ0) is 7.65. The molecular formula is CH6BNO4S2. The maximum Gasteiger partial charge on any atom is 0.277 e. The molecular weight excluding hydrogens is 165 g/mol. The topological polar surface area (TPSA) is 71.5 Å². The van der Waals surface area contributed by atoms with Crippen LogP contribution in [0.15, 0.2) is 0 Å². The highest BCUT2D eigenvalue weighted by Gasteiger charge is 2.11. The Morgan fingerprint density at radius 1 is 1.44 bits per heavy atom. The molecule has 0 aliphatic rings. The molecule has 0 saturated carbocycles. The van der Waals surface area contributed by atoms with E-state index in [1.165, 1.54) is 0 Å². The second kappa shape index (κ2) is 2.67. The van der Waals surface area contributed by atoms with Gasteiger partial charge in [0.05, 0.1) is 0 Å². The summed E-state index contributed by atoms with van der Waals surface area (Å²) in [5.74, 6) is 0. The molecule has 0 atom stereocenters. The predicted octanol–water partition coefficient (Wildman–Crippen LogP) is -2.68. The van der Waals surface area contributed by atoms with Gasteiger partial charge in [-0.05, 0) is 0 Å². The largest absolute Gasteiger partial charge is 0.277 e. The molecule has 0 amide bonds. The first kappa shape index (κ1) is 8.92. The van der Waals surface area contributed by atoms with Gasteiger partial charge in [-0.25, -0.2) is 16.8 Å². The van der Waals surface area contributed by atoms with Crippen molar-refractivity contribution in [3.05, 3.63) is 0 Å². The number of nitrogens with zero attached hydrogens (tertiary/aromatic N) is 1. The van der Waals surface area contributed by atoms with Crippen LogP contribution in [0.4, 0.5) is 0 Å². The van der Waals surface area contributed by atoms with Crippen molar-refractivity contribution >= 4 is 27.9 Å². The van der Waals surface area contributed by atoms with E-state index in [0.29, 0.717) is 0 Å². The lowest BCUT2D eigenvalue weighted by atomic mass is 10.8. The molecule has 0 rings (SSSR count). The molecule has 0 bridgehead atoms. The normalized spacial score (nSPS) is 12.8. The van der Waals surface area contributed by atoms with Crippen LogP contribution in [-0.4, -0.2) is 34.7 Å². The number of hydrogen-bond donors (Lipinski definition) is 1. The van der Waals surface area contributed by atoms with Crippen molar-refractivity contribution in [1.29, 1.82) is 0 Å². The van der Waals surface area contributed by atoms with E-state index >= 15 is 0 Å². The van der Waals surface area contributed by atoms with Crippen LogP contribution in [0, 0.1) is 0 Å². The molecule has 0 saturated heterocycles. The predicted molar refractivity (Wildman–Crippen MR) is 35.5 cm³/mol. The van der Waals surface area contributed by atoms with Crippen LogP contribution in [0.2, 0.25) is 0 Å². The van der Waals surface area contributed by atoms with Gasteiger partial charge in [0.25, 0.3) is 7.12 Å². The van der Waals surface area contributed by atoms with E-state index in [0.717, 1.165) is 14.2 Å². The fourth-order valence-electron chi connectivity index (χ4n) is 0.121. The lowest BCUT2D eigenvalue weighted by molar-refractivity contribution is 0.550. The average Bonchev–Trinajstić information content (AvgIpc) is 1.62. The Morgan fingerprint density at radius 3 is 1.78 bits per heavy atom. The van der Waals surface area contributed by atoms with Gasteiger partial charge < -0.3 is 0 Å². The van der Waals surface area contributed by atoms with E-state index in [-0.39, 0.29) is 3.71 Å². The van der Waals surface area contributed by atoms with Crippen LogP contribution >= 0.6 is 0 Å². The Morgan fingerprint density at radius 2 is 1.78 bits per heavy atom. The van der Waals surface area contributed by atoms with E-state index in [4.69, 9.17) is 0 Å². The van der Waals surface area contributed by atoms with Gasteiger partial charge in [0.15, 0.2) is 9.87 Å². The van der Waals surface area contributed by atoms with Gasteiger partial charge in [-0.3, -0.25) is 0 Å². The third-order valence-corrected chi connectivity index (χ3v) is 3.42. The van der Waals surface area contributed by atoms with Gasteiger partial charge in [-0.1, -0.05) is 0 Å². The van der Waals surface area contributed by atoms with Crippen LogP contribution in [0.1, 0.15) is 0 Å². The monoisotopic (exact) mass is 171 g/mol. The molecule has 0 radical (unpaired) electrons. The van der Waals surface area contributed by atoms with Crippen molar-refractivity contribution in [2.75, 3.05) is 7.05 Å². The van der Waals surface area contributed by atoms with Crippen LogP contribution in [0.5, 0.6) is 0 Å².